The van der Waals surface area contributed by atoms with Crippen LogP contribution in [0.1, 0.15) is 53.4 Å². The van der Waals surface area contributed by atoms with Crippen LogP contribution in [0.2, 0.25) is 0 Å². The molecule has 0 amide bonds. The van der Waals surface area contributed by atoms with Crippen LogP contribution in [-0.4, -0.2) is 35.6 Å². The molecular formula is C22H36O2S2. The second kappa shape index (κ2) is 6.57. The molecule has 0 radical (unpaired) electrons. The van der Waals surface area contributed by atoms with Gasteiger partial charge in [-0.25, -0.2) is 0 Å². The van der Waals surface area contributed by atoms with Crippen molar-refractivity contribution >= 4 is 23.5 Å². The second-order valence-corrected chi connectivity index (χ2v) is 13.7. The maximum Gasteiger partial charge on any atom is 0.146 e. The molecule has 0 N–H and O–H groups in total. The third-order valence-corrected chi connectivity index (χ3v) is 12.5. The highest BCUT2D eigenvalue weighted by molar-refractivity contribution is 8.16. The molecule has 26 heavy (non-hydrogen) atoms. The van der Waals surface area contributed by atoms with Gasteiger partial charge in [-0.2, -0.15) is 0 Å². The van der Waals surface area contributed by atoms with Crippen LogP contribution in [0.3, 0.4) is 0 Å². The van der Waals surface area contributed by atoms with Crippen molar-refractivity contribution < 1.29 is 9.47 Å². The predicted octanol–water partition coefficient (Wildman–Crippen LogP) is 5.52. The SMILES string of the molecule is CC1(C)[C@H]2C[C@@H]3SCS[C@H]4C[C@H]5C[C@@H]([C@H]4COCOC[C@H]3[C@@H]1C2)C5(C)C. The van der Waals surface area contributed by atoms with E-state index in [9.17, 15) is 0 Å². The number of ether oxygens (including phenoxy) is 2. The predicted molar refractivity (Wildman–Crippen MR) is 111 cm³/mol. The zero-order chi connectivity index (χ0) is 18.1. The minimum Gasteiger partial charge on any atom is -0.355 e. The third kappa shape index (κ3) is 2.75. The lowest BCUT2D eigenvalue weighted by molar-refractivity contribution is -0.158. The van der Waals surface area contributed by atoms with Crippen LogP contribution in [0.5, 0.6) is 0 Å². The van der Waals surface area contributed by atoms with Crippen molar-refractivity contribution in [3.05, 3.63) is 0 Å². The van der Waals surface area contributed by atoms with Crippen LogP contribution in [0.4, 0.5) is 0 Å². The molecule has 7 rings (SSSR count). The van der Waals surface area contributed by atoms with E-state index in [2.05, 4.69) is 51.2 Å². The van der Waals surface area contributed by atoms with Crippen molar-refractivity contribution in [2.45, 2.75) is 63.9 Å². The monoisotopic (exact) mass is 396 g/mol. The Morgan fingerprint density at radius 3 is 1.58 bits per heavy atom. The molecule has 0 aromatic heterocycles. The Kier molecular flexibility index (Phi) is 4.71. The standard InChI is InChI=1S/C22H36O2S2/c1-21(2)13-5-17(21)15-9-23-11-24-10-16-18-6-14(22(18,3)4)8-20(16)26-12-25-19(15)7-13/h13-20H,5-12H2,1-4H3/t13-,14-,15-,16+,17+,18+,19+,20+/m1/s1. The van der Waals surface area contributed by atoms with Crippen molar-refractivity contribution in [3.63, 3.8) is 0 Å². The van der Waals surface area contributed by atoms with E-state index in [0.717, 1.165) is 59.2 Å². The summed E-state index contributed by atoms with van der Waals surface area (Å²) in [4.78, 5) is 0. The molecule has 0 spiro atoms. The summed E-state index contributed by atoms with van der Waals surface area (Å²) in [6, 6.07) is 0. The molecule has 0 aromatic carbocycles. The van der Waals surface area contributed by atoms with Crippen molar-refractivity contribution in [3.8, 4) is 0 Å². The summed E-state index contributed by atoms with van der Waals surface area (Å²) in [7, 11) is 0. The lowest BCUT2D eigenvalue weighted by atomic mass is 9.45. The van der Waals surface area contributed by atoms with Gasteiger partial charge in [-0.3, -0.25) is 0 Å². The summed E-state index contributed by atoms with van der Waals surface area (Å²) in [6.07, 6.45) is 5.70. The van der Waals surface area contributed by atoms with E-state index >= 15 is 0 Å². The molecule has 0 unspecified atom stereocenters. The molecule has 6 saturated carbocycles. The Labute approximate surface area is 168 Å². The largest absolute Gasteiger partial charge is 0.355 e. The summed E-state index contributed by atoms with van der Waals surface area (Å²) in [5.74, 6) is 5.10. The zero-order valence-corrected chi connectivity index (χ0v) is 18.5. The van der Waals surface area contributed by atoms with Gasteiger partial charge < -0.3 is 9.47 Å². The molecule has 2 nitrogen and oxygen atoms in total. The van der Waals surface area contributed by atoms with Gasteiger partial charge in [0.25, 0.3) is 0 Å². The Bertz CT molecular complexity index is 502. The molecule has 4 bridgehead atoms. The molecule has 8 atom stereocenters. The molecule has 1 heterocycles. The third-order valence-electron chi connectivity index (χ3n) is 9.47. The van der Waals surface area contributed by atoms with Crippen molar-refractivity contribution in [1.82, 2.24) is 0 Å². The first-order valence-electron chi connectivity index (χ1n) is 10.8. The number of thioether (sulfide) groups is 2. The summed E-state index contributed by atoms with van der Waals surface area (Å²) in [6.45, 7) is 12.3. The topological polar surface area (TPSA) is 18.5 Å². The summed E-state index contributed by atoms with van der Waals surface area (Å²) < 4.78 is 12.2. The fourth-order valence-electron chi connectivity index (χ4n) is 7.27. The summed E-state index contributed by atoms with van der Waals surface area (Å²) in [5, 5.41) is 2.90. The quantitative estimate of drug-likeness (QED) is 0.537. The lowest BCUT2D eigenvalue weighted by Crippen LogP contribution is -2.58. The molecule has 4 heteroatoms. The van der Waals surface area contributed by atoms with Gasteiger partial charge in [0, 0.05) is 15.6 Å². The average Bonchev–Trinajstić information content (AvgIpc) is 2.60. The molecular weight excluding hydrogens is 360 g/mol. The highest BCUT2D eigenvalue weighted by Crippen LogP contribution is 2.65. The smallest absolute Gasteiger partial charge is 0.146 e. The van der Waals surface area contributed by atoms with Crippen LogP contribution in [0.25, 0.3) is 0 Å². The summed E-state index contributed by atoms with van der Waals surface area (Å²) in [5.41, 5.74) is 1.08. The van der Waals surface area contributed by atoms with Gasteiger partial charge in [0.05, 0.1) is 13.2 Å². The van der Waals surface area contributed by atoms with Gasteiger partial charge >= 0.3 is 0 Å². The highest BCUT2D eigenvalue weighted by atomic mass is 32.2. The fourth-order valence-corrected chi connectivity index (χ4v) is 10.7. The van der Waals surface area contributed by atoms with E-state index in [1.165, 1.54) is 30.8 Å². The zero-order valence-electron chi connectivity index (χ0n) is 16.9. The van der Waals surface area contributed by atoms with Crippen molar-refractivity contribution in [2.75, 3.05) is 25.1 Å². The van der Waals surface area contributed by atoms with E-state index < -0.39 is 0 Å². The Morgan fingerprint density at radius 1 is 0.692 bits per heavy atom. The first-order valence-corrected chi connectivity index (χ1v) is 12.9. The van der Waals surface area contributed by atoms with Gasteiger partial charge in [0.1, 0.15) is 6.79 Å². The van der Waals surface area contributed by atoms with Gasteiger partial charge in [0.15, 0.2) is 0 Å². The van der Waals surface area contributed by atoms with Crippen molar-refractivity contribution in [2.24, 2.45) is 46.3 Å². The number of rotatable bonds is 0. The van der Waals surface area contributed by atoms with Gasteiger partial charge in [-0.05, 0) is 72.0 Å². The number of hydrogen-bond acceptors (Lipinski definition) is 4. The molecule has 1 aliphatic heterocycles. The van der Waals surface area contributed by atoms with E-state index in [-0.39, 0.29) is 0 Å². The van der Waals surface area contributed by atoms with Crippen LogP contribution in [0.15, 0.2) is 0 Å². The Balaban J connectivity index is 1.27. The Hall–Kier alpha value is 0.620. The maximum absolute atomic E-state index is 6.10. The molecule has 6 aliphatic carbocycles. The molecule has 7 aliphatic rings. The fraction of sp³-hybridized carbons (Fsp3) is 1.00. The molecule has 7 fully saturated rings. The van der Waals surface area contributed by atoms with Gasteiger partial charge in [-0.1, -0.05) is 27.7 Å². The molecule has 0 aromatic rings. The Morgan fingerprint density at radius 2 is 1.15 bits per heavy atom. The normalized spacial score (nSPS) is 52.2. The van der Waals surface area contributed by atoms with Crippen LogP contribution in [-0.2, 0) is 9.47 Å². The second-order valence-electron chi connectivity index (χ2n) is 10.9. The minimum absolute atomic E-state index is 0.509. The molecule has 148 valence electrons. The highest BCUT2D eigenvalue weighted by Gasteiger charge is 2.59. The van der Waals surface area contributed by atoms with Gasteiger partial charge in [0.2, 0.25) is 0 Å². The van der Waals surface area contributed by atoms with Gasteiger partial charge in [-0.15, -0.1) is 23.5 Å². The first kappa shape index (κ1) is 18.6. The van der Waals surface area contributed by atoms with E-state index in [1.54, 1.807) is 0 Å². The van der Waals surface area contributed by atoms with E-state index in [0.29, 0.717) is 17.6 Å². The minimum atomic E-state index is 0.509. The van der Waals surface area contributed by atoms with E-state index in [4.69, 9.17) is 9.47 Å². The van der Waals surface area contributed by atoms with Crippen molar-refractivity contribution in [1.29, 1.82) is 0 Å². The van der Waals surface area contributed by atoms with E-state index in [1.807, 2.05) is 0 Å². The average molecular weight is 397 g/mol. The maximum atomic E-state index is 6.10. The van der Waals surface area contributed by atoms with Crippen LogP contribution in [0, 0.1) is 46.3 Å². The lowest BCUT2D eigenvalue weighted by Gasteiger charge is -2.63. The summed E-state index contributed by atoms with van der Waals surface area (Å²) >= 11 is 4.54. The van der Waals surface area contributed by atoms with Crippen LogP contribution < -0.4 is 0 Å². The number of hydrogen-bond donors (Lipinski definition) is 0. The molecule has 1 saturated heterocycles. The van der Waals surface area contributed by atoms with Crippen LogP contribution >= 0.6 is 23.5 Å². The first-order chi connectivity index (χ1) is 12.4.